The monoisotopic (exact) mass is 367 g/mol. The van der Waals surface area contributed by atoms with Crippen LogP contribution in [0.3, 0.4) is 0 Å². The third-order valence-electron chi connectivity index (χ3n) is 2.87. The molecule has 0 fully saturated rings. The van der Waals surface area contributed by atoms with Gasteiger partial charge in [0.15, 0.2) is 52.2 Å². The molecule has 1 nitrogen and oxygen atoms in total. The number of hydrogen-bond donors (Lipinski definition) is 0. The van der Waals surface area contributed by atoms with Crippen LogP contribution in [-0.2, 0) is 0 Å². The number of nitrogens with zero attached hydrogens (tertiary/aromatic N) is 1. The molecule has 0 radical (unpaired) electrons. The average molecular weight is 367 g/mol. The van der Waals surface area contributed by atoms with Crippen molar-refractivity contribution in [3.63, 3.8) is 0 Å². The first kappa shape index (κ1) is 17.8. The van der Waals surface area contributed by atoms with E-state index in [1.807, 2.05) is 0 Å². The van der Waals surface area contributed by atoms with Gasteiger partial charge in [-0.2, -0.15) is 0 Å². The highest BCUT2D eigenvalue weighted by molar-refractivity contribution is 5.70. The summed E-state index contributed by atoms with van der Waals surface area (Å²) in [6.07, 6.45) is 0. The summed E-state index contributed by atoms with van der Waals surface area (Å²) in [7, 11) is 0. The number of anilines is 1. The van der Waals surface area contributed by atoms with Gasteiger partial charge in [0, 0.05) is 0 Å². The normalized spacial score (nSPS) is 11.1. The van der Waals surface area contributed by atoms with E-state index in [2.05, 4.69) is 0 Å². The first-order valence-corrected chi connectivity index (χ1v) is 5.51. The van der Waals surface area contributed by atoms with Gasteiger partial charge in [0.25, 0.3) is 0 Å². The molecule has 2 aromatic carbocycles. The molecule has 2 rings (SSSR count). The molecule has 0 aliphatic carbocycles. The second kappa shape index (κ2) is 5.83. The van der Waals surface area contributed by atoms with Gasteiger partial charge in [-0.05, 0) is 5.34 Å². The van der Waals surface area contributed by atoms with Crippen molar-refractivity contribution in [1.82, 2.24) is 0 Å². The third-order valence-corrected chi connectivity index (χ3v) is 2.87. The highest BCUT2D eigenvalue weighted by atomic mass is 19.4. The van der Waals surface area contributed by atoms with Crippen molar-refractivity contribution in [2.24, 2.45) is 0 Å². The first-order valence-electron chi connectivity index (χ1n) is 5.51. The standard InChI is InChI=1S/C12F11N/c13-3-1(4(14)8(18)9(19)7(3)17)2-5(15)10(20)12(24(22)23)11(21)6(2)16. The molecule has 0 saturated carbocycles. The van der Waals surface area contributed by atoms with E-state index in [9.17, 15) is 48.5 Å². The minimum absolute atomic E-state index is 2.35. The van der Waals surface area contributed by atoms with Gasteiger partial charge in [-0.1, -0.05) is 8.96 Å². The molecule has 0 aliphatic rings. The van der Waals surface area contributed by atoms with Crippen molar-refractivity contribution < 1.29 is 48.5 Å². The minimum Gasteiger partial charge on any atom is -0.203 e. The summed E-state index contributed by atoms with van der Waals surface area (Å²) in [6, 6.07) is 0. The van der Waals surface area contributed by atoms with E-state index in [4.69, 9.17) is 0 Å². The number of hydrogen-bond acceptors (Lipinski definition) is 1. The molecule has 0 heterocycles. The Kier molecular flexibility index (Phi) is 4.33. The number of benzene rings is 2. The van der Waals surface area contributed by atoms with Crippen molar-refractivity contribution >= 4 is 5.69 Å². The van der Waals surface area contributed by atoms with Crippen LogP contribution in [0.2, 0.25) is 0 Å². The zero-order chi connectivity index (χ0) is 18.5. The summed E-state index contributed by atoms with van der Waals surface area (Å²) in [4.78, 5) is 0. The summed E-state index contributed by atoms with van der Waals surface area (Å²) in [6.45, 7) is 0. The van der Waals surface area contributed by atoms with Crippen LogP contribution in [0.25, 0.3) is 11.1 Å². The Morgan fingerprint density at radius 3 is 0.917 bits per heavy atom. The van der Waals surface area contributed by atoms with Crippen molar-refractivity contribution in [3.05, 3.63) is 52.4 Å². The molecule has 2 aromatic rings. The predicted octanol–water partition coefficient (Wildman–Crippen LogP) is 5.18. The van der Waals surface area contributed by atoms with Crippen molar-refractivity contribution in [2.75, 3.05) is 5.34 Å². The highest BCUT2D eigenvalue weighted by Gasteiger charge is 2.35. The van der Waals surface area contributed by atoms with E-state index in [0.29, 0.717) is 0 Å². The molecule has 0 aromatic heterocycles. The predicted molar refractivity (Wildman–Crippen MR) is 56.2 cm³/mol. The second-order valence-corrected chi connectivity index (χ2v) is 4.16. The molecular formula is C12F11N. The zero-order valence-electron chi connectivity index (χ0n) is 10.6. The minimum atomic E-state index is -2.81. The van der Waals surface area contributed by atoms with E-state index in [1.54, 1.807) is 0 Å². The van der Waals surface area contributed by atoms with E-state index >= 15 is 0 Å². The molecule has 0 atom stereocenters. The van der Waals surface area contributed by atoms with Gasteiger partial charge in [-0.15, -0.1) is 0 Å². The Morgan fingerprint density at radius 2 is 0.625 bits per heavy atom. The number of halogens is 11. The fourth-order valence-corrected chi connectivity index (χ4v) is 1.81. The van der Waals surface area contributed by atoms with Crippen LogP contribution in [0.4, 0.5) is 54.2 Å². The lowest BCUT2D eigenvalue weighted by molar-refractivity contribution is 0.223. The molecule has 12 heteroatoms. The Morgan fingerprint density at radius 1 is 0.375 bits per heavy atom. The number of rotatable bonds is 2. The van der Waals surface area contributed by atoms with Gasteiger partial charge >= 0.3 is 0 Å². The lowest BCUT2D eigenvalue weighted by atomic mass is 10.0. The maximum Gasteiger partial charge on any atom is 0.200 e. The summed E-state index contributed by atoms with van der Waals surface area (Å²) in [5.41, 5.74) is -7.28. The van der Waals surface area contributed by atoms with Crippen LogP contribution in [-0.4, -0.2) is 0 Å². The second-order valence-electron chi connectivity index (χ2n) is 4.16. The van der Waals surface area contributed by atoms with E-state index < -0.39 is 74.5 Å². The molecule has 0 amide bonds. The fourth-order valence-electron chi connectivity index (χ4n) is 1.81. The van der Waals surface area contributed by atoms with Gasteiger partial charge in [0.2, 0.25) is 5.82 Å². The first-order chi connectivity index (χ1) is 11.0. The van der Waals surface area contributed by atoms with E-state index in [1.165, 1.54) is 0 Å². The van der Waals surface area contributed by atoms with Gasteiger partial charge in [-0.25, -0.2) is 39.5 Å². The molecule has 0 unspecified atom stereocenters. The van der Waals surface area contributed by atoms with Gasteiger partial charge < -0.3 is 0 Å². The van der Waals surface area contributed by atoms with Crippen molar-refractivity contribution in [1.29, 1.82) is 0 Å². The maximum absolute atomic E-state index is 13.7. The summed E-state index contributed by atoms with van der Waals surface area (Å²) in [5, 5.41) is -2.38. The van der Waals surface area contributed by atoms with Crippen LogP contribution in [0.15, 0.2) is 0 Å². The van der Waals surface area contributed by atoms with Crippen LogP contribution in [0.5, 0.6) is 0 Å². The molecular weight excluding hydrogens is 367 g/mol. The fraction of sp³-hybridized carbons (Fsp3) is 0. The molecule has 130 valence electrons. The average Bonchev–Trinajstić information content (AvgIpc) is 2.52. The van der Waals surface area contributed by atoms with Crippen molar-refractivity contribution in [3.8, 4) is 11.1 Å². The molecule has 24 heavy (non-hydrogen) atoms. The molecule has 0 saturated heterocycles. The van der Waals surface area contributed by atoms with Crippen LogP contribution < -0.4 is 5.34 Å². The smallest absolute Gasteiger partial charge is 0.200 e. The molecule has 0 spiro atoms. The topological polar surface area (TPSA) is 3.24 Å². The molecule has 0 N–H and O–H groups in total. The Bertz CT molecular complexity index is 788. The van der Waals surface area contributed by atoms with E-state index in [0.717, 1.165) is 0 Å². The Hall–Kier alpha value is -2.53. The lowest BCUT2D eigenvalue weighted by Gasteiger charge is -2.14. The van der Waals surface area contributed by atoms with E-state index in [-0.39, 0.29) is 0 Å². The van der Waals surface area contributed by atoms with Crippen molar-refractivity contribution in [2.45, 2.75) is 0 Å². The maximum atomic E-state index is 13.7. The van der Waals surface area contributed by atoms with Gasteiger partial charge in [0.1, 0.15) is 0 Å². The largest absolute Gasteiger partial charge is 0.203 e. The lowest BCUT2D eigenvalue weighted by Crippen LogP contribution is -2.12. The quantitative estimate of drug-likeness (QED) is 0.306. The molecule has 0 bridgehead atoms. The van der Waals surface area contributed by atoms with Crippen LogP contribution in [0.1, 0.15) is 0 Å². The zero-order valence-corrected chi connectivity index (χ0v) is 10.6. The summed E-state index contributed by atoms with van der Waals surface area (Å²) >= 11 is 0. The summed E-state index contributed by atoms with van der Waals surface area (Å²) < 4.78 is 144. The molecule has 0 aliphatic heterocycles. The SMILES string of the molecule is Fc1c(F)c(F)c(-c2c(F)c(F)c(N(F)F)c(F)c2F)c(F)c1F. The summed E-state index contributed by atoms with van der Waals surface area (Å²) in [5.74, 6) is -24.8. The van der Waals surface area contributed by atoms with Gasteiger partial charge in [-0.3, -0.25) is 0 Å². The van der Waals surface area contributed by atoms with Gasteiger partial charge in [0.05, 0.1) is 11.1 Å². The Balaban J connectivity index is 3.01. The van der Waals surface area contributed by atoms with Crippen LogP contribution >= 0.6 is 0 Å². The Labute approximate surface area is 124 Å². The third kappa shape index (κ3) is 2.32. The highest BCUT2D eigenvalue weighted by Crippen LogP contribution is 2.40. The van der Waals surface area contributed by atoms with Crippen LogP contribution in [0, 0.1) is 52.4 Å².